The third-order valence-electron chi connectivity index (χ3n) is 5.08. The predicted octanol–water partition coefficient (Wildman–Crippen LogP) is 3.32. The monoisotopic (exact) mass is 541 g/mol. The summed E-state index contributed by atoms with van der Waals surface area (Å²) in [5.74, 6) is 0.629. The van der Waals surface area contributed by atoms with Crippen LogP contribution in [0, 0.1) is 5.92 Å². The van der Waals surface area contributed by atoms with E-state index in [2.05, 4.69) is 64.2 Å². The lowest BCUT2D eigenvalue weighted by molar-refractivity contribution is -0.123. The number of thiophene rings is 1. The van der Waals surface area contributed by atoms with Crippen molar-refractivity contribution in [1.29, 1.82) is 0 Å². The zero-order valence-electron chi connectivity index (χ0n) is 17.5. The van der Waals surface area contributed by atoms with Gasteiger partial charge in [0, 0.05) is 24.5 Å². The molecule has 3 rings (SSSR count). The molecule has 30 heavy (non-hydrogen) atoms. The molecule has 1 amide bonds. The lowest BCUT2D eigenvalue weighted by Crippen LogP contribution is -2.40. The second kappa shape index (κ2) is 12.9. The first-order chi connectivity index (χ1) is 14.1. The van der Waals surface area contributed by atoms with Gasteiger partial charge in [-0.1, -0.05) is 30.3 Å². The van der Waals surface area contributed by atoms with Crippen molar-refractivity contribution in [2.75, 3.05) is 19.6 Å². The zero-order chi connectivity index (χ0) is 20.5. The summed E-state index contributed by atoms with van der Waals surface area (Å²) >= 11 is 1.74. The van der Waals surface area contributed by atoms with Crippen molar-refractivity contribution >= 4 is 47.2 Å². The Morgan fingerprint density at radius 2 is 2.10 bits per heavy atom. The maximum atomic E-state index is 11.5. The van der Waals surface area contributed by atoms with Crippen LogP contribution in [0.25, 0.3) is 0 Å². The molecule has 8 heteroatoms. The fourth-order valence-corrected chi connectivity index (χ4v) is 4.26. The number of hydrogen-bond acceptors (Lipinski definition) is 4. The van der Waals surface area contributed by atoms with Crippen molar-refractivity contribution in [2.45, 2.75) is 39.4 Å². The standard InChI is InChI=1S/C22H31N5OS.HI/c1-2-24-22(26-14-20-9-5-11-29-20)25-13-17-6-3-7-18(12-17)15-27-10-4-8-19(16-27)21(23)28;/h3,5-7,9,11-12,19H,2,4,8,10,13-16H2,1H3,(H2,23,28)(H2,24,25,26);1H. The molecule has 1 aromatic heterocycles. The number of carbonyl (C=O) groups is 1. The summed E-state index contributed by atoms with van der Waals surface area (Å²) in [7, 11) is 0. The van der Waals surface area contributed by atoms with Gasteiger partial charge in [0.1, 0.15) is 0 Å². The van der Waals surface area contributed by atoms with Crippen LogP contribution in [0.1, 0.15) is 35.8 Å². The number of aliphatic imine (C=N–C) groups is 1. The highest BCUT2D eigenvalue weighted by Gasteiger charge is 2.23. The van der Waals surface area contributed by atoms with Gasteiger partial charge in [-0.05, 0) is 48.9 Å². The molecule has 0 aliphatic carbocycles. The Hall–Kier alpha value is -1.65. The minimum atomic E-state index is -0.177. The van der Waals surface area contributed by atoms with Gasteiger partial charge in [0.15, 0.2) is 5.96 Å². The Labute approximate surface area is 200 Å². The lowest BCUT2D eigenvalue weighted by atomic mass is 9.97. The summed E-state index contributed by atoms with van der Waals surface area (Å²) in [6.45, 7) is 6.92. The Bertz CT molecular complexity index is 812. The molecular weight excluding hydrogens is 509 g/mol. The zero-order valence-corrected chi connectivity index (χ0v) is 20.6. The molecule has 1 atom stereocenters. The lowest BCUT2D eigenvalue weighted by Gasteiger charge is -2.31. The number of halogens is 1. The summed E-state index contributed by atoms with van der Waals surface area (Å²) in [5.41, 5.74) is 7.93. The van der Waals surface area contributed by atoms with Gasteiger partial charge in [-0.2, -0.15) is 0 Å². The average molecular weight is 542 g/mol. The van der Waals surface area contributed by atoms with Crippen LogP contribution >= 0.6 is 35.3 Å². The van der Waals surface area contributed by atoms with E-state index in [1.807, 2.05) is 0 Å². The van der Waals surface area contributed by atoms with E-state index < -0.39 is 0 Å². The SMILES string of the molecule is CCNC(=NCc1cccc(CN2CCCC(C(N)=O)C2)c1)NCc1cccs1.I. The molecule has 1 saturated heterocycles. The highest BCUT2D eigenvalue weighted by Crippen LogP contribution is 2.19. The molecule has 2 heterocycles. The molecule has 1 fully saturated rings. The van der Waals surface area contributed by atoms with Crippen LogP contribution in [0.2, 0.25) is 0 Å². The summed E-state index contributed by atoms with van der Waals surface area (Å²) in [6, 6.07) is 12.7. The van der Waals surface area contributed by atoms with Crippen molar-refractivity contribution in [1.82, 2.24) is 15.5 Å². The van der Waals surface area contributed by atoms with Gasteiger partial charge in [-0.15, -0.1) is 35.3 Å². The Morgan fingerprint density at radius 1 is 1.27 bits per heavy atom. The normalized spacial score (nSPS) is 17.2. The maximum Gasteiger partial charge on any atom is 0.221 e. The first-order valence-corrected chi connectivity index (χ1v) is 11.2. The number of likely N-dealkylation sites (tertiary alicyclic amines) is 1. The van der Waals surface area contributed by atoms with Gasteiger partial charge in [-0.25, -0.2) is 4.99 Å². The van der Waals surface area contributed by atoms with Crippen molar-refractivity contribution in [2.24, 2.45) is 16.6 Å². The number of nitrogens with zero attached hydrogens (tertiary/aromatic N) is 2. The highest BCUT2D eigenvalue weighted by molar-refractivity contribution is 14.0. The topological polar surface area (TPSA) is 82.8 Å². The van der Waals surface area contributed by atoms with Crippen molar-refractivity contribution in [3.8, 4) is 0 Å². The highest BCUT2D eigenvalue weighted by atomic mass is 127. The minimum Gasteiger partial charge on any atom is -0.369 e. The van der Waals surface area contributed by atoms with Crippen LogP contribution in [0.3, 0.4) is 0 Å². The summed E-state index contributed by atoms with van der Waals surface area (Å²) in [5, 5.41) is 8.77. The first-order valence-electron chi connectivity index (χ1n) is 10.3. The average Bonchev–Trinajstić information content (AvgIpc) is 3.24. The van der Waals surface area contributed by atoms with Crippen LogP contribution in [-0.2, 0) is 24.4 Å². The molecular formula is C22H32IN5OS. The van der Waals surface area contributed by atoms with Crippen LogP contribution in [-0.4, -0.2) is 36.4 Å². The third-order valence-corrected chi connectivity index (χ3v) is 5.96. The van der Waals surface area contributed by atoms with Gasteiger partial charge >= 0.3 is 0 Å². The number of nitrogens with two attached hydrogens (primary N) is 1. The maximum absolute atomic E-state index is 11.5. The van der Waals surface area contributed by atoms with Gasteiger partial charge in [0.2, 0.25) is 5.91 Å². The quantitative estimate of drug-likeness (QED) is 0.272. The number of nitrogens with one attached hydrogen (secondary N) is 2. The molecule has 1 aliphatic heterocycles. The van der Waals surface area contributed by atoms with Crippen molar-refractivity contribution in [3.63, 3.8) is 0 Å². The smallest absolute Gasteiger partial charge is 0.221 e. The van der Waals surface area contributed by atoms with Crippen LogP contribution in [0.15, 0.2) is 46.8 Å². The second-order valence-electron chi connectivity index (χ2n) is 7.42. The molecule has 6 nitrogen and oxygen atoms in total. The van der Waals surface area contributed by atoms with Gasteiger partial charge in [-0.3, -0.25) is 9.69 Å². The van der Waals surface area contributed by atoms with E-state index in [0.717, 1.165) is 51.5 Å². The van der Waals surface area contributed by atoms with Crippen LogP contribution in [0.5, 0.6) is 0 Å². The molecule has 1 aromatic carbocycles. The summed E-state index contributed by atoms with van der Waals surface area (Å²) < 4.78 is 0. The van der Waals surface area contributed by atoms with Crippen molar-refractivity contribution < 1.29 is 4.79 Å². The van der Waals surface area contributed by atoms with E-state index in [0.29, 0.717) is 6.54 Å². The van der Waals surface area contributed by atoms with E-state index in [-0.39, 0.29) is 35.8 Å². The molecule has 1 aliphatic rings. The number of carbonyl (C=O) groups excluding carboxylic acids is 1. The summed E-state index contributed by atoms with van der Waals surface area (Å²) in [4.78, 5) is 19.9. The number of guanidine groups is 1. The van der Waals surface area contributed by atoms with E-state index in [1.54, 1.807) is 11.3 Å². The van der Waals surface area contributed by atoms with Gasteiger partial charge in [0.25, 0.3) is 0 Å². The molecule has 0 spiro atoms. The molecule has 0 bridgehead atoms. The second-order valence-corrected chi connectivity index (χ2v) is 8.46. The van der Waals surface area contributed by atoms with E-state index in [4.69, 9.17) is 10.7 Å². The predicted molar refractivity (Wildman–Crippen MR) is 135 cm³/mol. The van der Waals surface area contributed by atoms with E-state index in [9.17, 15) is 4.79 Å². The molecule has 0 saturated carbocycles. The number of rotatable bonds is 8. The minimum absolute atomic E-state index is 0. The van der Waals surface area contributed by atoms with Crippen LogP contribution in [0.4, 0.5) is 0 Å². The molecule has 0 radical (unpaired) electrons. The number of primary amides is 1. The molecule has 1 unspecified atom stereocenters. The number of benzene rings is 1. The Balaban J connectivity index is 0.00000320. The largest absolute Gasteiger partial charge is 0.369 e. The molecule has 2 aromatic rings. The van der Waals surface area contributed by atoms with Gasteiger partial charge < -0.3 is 16.4 Å². The Morgan fingerprint density at radius 3 is 2.83 bits per heavy atom. The fraction of sp³-hybridized carbons (Fsp3) is 0.455. The van der Waals surface area contributed by atoms with Crippen molar-refractivity contribution in [3.05, 3.63) is 57.8 Å². The van der Waals surface area contributed by atoms with E-state index in [1.165, 1.54) is 16.0 Å². The molecule has 164 valence electrons. The third kappa shape index (κ3) is 7.88. The molecule has 4 N–H and O–H groups in total. The first kappa shape index (κ1) is 24.6. The Kier molecular flexibility index (Phi) is 10.6. The number of hydrogen-bond donors (Lipinski definition) is 3. The van der Waals surface area contributed by atoms with Crippen LogP contribution < -0.4 is 16.4 Å². The number of amides is 1. The number of piperidine rings is 1. The van der Waals surface area contributed by atoms with Gasteiger partial charge in [0.05, 0.1) is 19.0 Å². The fourth-order valence-electron chi connectivity index (χ4n) is 3.61. The summed E-state index contributed by atoms with van der Waals surface area (Å²) in [6.07, 6.45) is 1.94. The van der Waals surface area contributed by atoms with E-state index >= 15 is 0 Å².